The molecule has 6 N–H and O–H groups in total. The van der Waals surface area contributed by atoms with Gasteiger partial charge in [-0.1, -0.05) is 50.3 Å². The van der Waals surface area contributed by atoms with Gasteiger partial charge in [-0.25, -0.2) is 0 Å². The van der Waals surface area contributed by atoms with Crippen molar-refractivity contribution in [3.63, 3.8) is 0 Å². The standard InChI is InChI=1S/C29H41N7O/c1-3-24(36-15-9-4-5-10-16-36)21-12-11-20(2)22(17-21)33-26-25-23(18-31-27(25)37)34-28(35-26)32-19-29(30)13-7-6-8-14-29/h3,11-12,17-18,33H,4-10,13-16,19,30H2,1-2H3,(H,31,37)(H2,32,34,35). The Morgan fingerprint density at radius 3 is 2.59 bits per heavy atom. The van der Waals surface area contributed by atoms with Crippen molar-refractivity contribution in [1.82, 2.24) is 19.9 Å². The number of aromatic nitrogens is 3. The third kappa shape index (κ3) is 5.69. The smallest absolute Gasteiger partial charge is 0.261 e. The molecule has 1 saturated heterocycles. The molecule has 0 spiro atoms. The molecule has 8 heteroatoms. The van der Waals surface area contributed by atoms with E-state index in [1.54, 1.807) is 6.20 Å². The summed E-state index contributed by atoms with van der Waals surface area (Å²) in [6, 6.07) is 6.51. The predicted molar refractivity (Wildman–Crippen MR) is 152 cm³/mol. The highest BCUT2D eigenvalue weighted by molar-refractivity contribution is 5.80. The van der Waals surface area contributed by atoms with Gasteiger partial charge in [-0.3, -0.25) is 4.79 Å². The minimum Gasteiger partial charge on any atom is -0.371 e. The minimum atomic E-state index is -0.223. The summed E-state index contributed by atoms with van der Waals surface area (Å²) < 4.78 is 0. The number of fused-ring (bicyclic) bond motifs is 1. The van der Waals surface area contributed by atoms with Crippen molar-refractivity contribution in [2.45, 2.75) is 77.2 Å². The molecule has 1 aromatic carbocycles. The lowest BCUT2D eigenvalue weighted by Gasteiger charge is -2.33. The van der Waals surface area contributed by atoms with E-state index in [1.807, 2.05) is 0 Å². The highest BCUT2D eigenvalue weighted by Crippen LogP contribution is 2.32. The maximum Gasteiger partial charge on any atom is 0.261 e. The highest BCUT2D eigenvalue weighted by Gasteiger charge is 2.28. The Morgan fingerprint density at radius 1 is 1.14 bits per heavy atom. The number of benzene rings is 1. The van der Waals surface area contributed by atoms with Gasteiger partial charge in [0.1, 0.15) is 11.4 Å². The van der Waals surface area contributed by atoms with Crippen LogP contribution in [0.1, 0.15) is 75.8 Å². The van der Waals surface area contributed by atoms with E-state index in [1.165, 1.54) is 56.2 Å². The average Bonchev–Trinajstić information content (AvgIpc) is 3.09. The third-order valence-corrected chi connectivity index (χ3v) is 8.02. The fraction of sp³-hybridized carbons (Fsp3) is 0.517. The van der Waals surface area contributed by atoms with Gasteiger partial charge in [-0.05, 0) is 56.7 Å². The Bertz CT molecular complexity index is 1260. The van der Waals surface area contributed by atoms with Crippen molar-refractivity contribution < 1.29 is 0 Å². The number of aryl methyl sites for hydroxylation is 1. The zero-order chi connectivity index (χ0) is 25.8. The van der Waals surface area contributed by atoms with Crippen LogP contribution >= 0.6 is 0 Å². The van der Waals surface area contributed by atoms with Gasteiger partial charge < -0.3 is 31.2 Å². The normalized spacial score (nSPS) is 18.6. The van der Waals surface area contributed by atoms with Crippen LogP contribution in [-0.2, 0) is 0 Å². The molecule has 0 bridgehead atoms. The number of hydrogen-bond acceptors (Lipinski definition) is 6. The first kappa shape index (κ1) is 25.4. The Labute approximate surface area is 219 Å². The van der Waals surface area contributed by atoms with Gasteiger partial charge >= 0.3 is 0 Å². The van der Waals surface area contributed by atoms with E-state index in [-0.39, 0.29) is 11.1 Å². The van der Waals surface area contributed by atoms with Crippen LogP contribution in [0.2, 0.25) is 0 Å². The van der Waals surface area contributed by atoms with Crippen molar-refractivity contribution in [2.24, 2.45) is 5.73 Å². The first-order chi connectivity index (χ1) is 18.0. The minimum absolute atomic E-state index is 0.164. The van der Waals surface area contributed by atoms with Gasteiger partial charge in [-0.15, -0.1) is 0 Å². The molecule has 37 heavy (non-hydrogen) atoms. The number of nitrogens with two attached hydrogens (primary N) is 1. The Kier molecular flexibility index (Phi) is 7.55. The zero-order valence-electron chi connectivity index (χ0n) is 22.3. The van der Waals surface area contributed by atoms with Crippen molar-refractivity contribution in [1.29, 1.82) is 0 Å². The van der Waals surface area contributed by atoms with Gasteiger partial charge in [-0.2, -0.15) is 4.98 Å². The molecule has 0 aromatic heterocycles. The molecule has 5 rings (SSSR count). The van der Waals surface area contributed by atoms with E-state index < -0.39 is 0 Å². The predicted octanol–water partition coefficient (Wildman–Crippen LogP) is 5.57. The summed E-state index contributed by atoms with van der Waals surface area (Å²) >= 11 is 0. The second kappa shape index (κ2) is 11.0. The quantitative estimate of drug-likeness (QED) is 0.288. The Balaban J connectivity index is 1.43. The summed E-state index contributed by atoms with van der Waals surface area (Å²) in [5, 5.41) is 6.92. The molecule has 1 aromatic rings. The van der Waals surface area contributed by atoms with Crippen LogP contribution in [0.3, 0.4) is 0 Å². The molecule has 3 aliphatic heterocycles. The summed E-state index contributed by atoms with van der Waals surface area (Å²) in [7, 11) is 0. The number of hydrogen-bond donors (Lipinski definition) is 5. The Hall–Kier alpha value is -3.26. The van der Waals surface area contributed by atoms with Gasteiger partial charge in [0, 0.05) is 42.8 Å². The molecule has 0 unspecified atom stereocenters. The summed E-state index contributed by atoms with van der Waals surface area (Å²) in [5.41, 5.74) is 12.0. The molecular formula is C29H41N7O. The number of nitrogens with one attached hydrogen (secondary N) is 4. The van der Waals surface area contributed by atoms with Gasteiger partial charge in [0.25, 0.3) is 5.56 Å². The molecule has 8 nitrogen and oxygen atoms in total. The maximum absolute atomic E-state index is 12.7. The lowest BCUT2D eigenvalue weighted by atomic mass is 9.82. The van der Waals surface area contributed by atoms with E-state index in [2.05, 4.69) is 63.6 Å². The maximum atomic E-state index is 12.7. The third-order valence-electron chi connectivity index (χ3n) is 8.02. The summed E-state index contributed by atoms with van der Waals surface area (Å²) in [4.78, 5) is 26.1. The number of nitrogens with zero attached hydrogens (tertiary/aromatic N) is 2. The molecule has 4 aliphatic rings. The van der Waals surface area contributed by atoms with Crippen LogP contribution in [0.25, 0.3) is 17.0 Å². The van der Waals surface area contributed by atoms with Gasteiger partial charge in [0.15, 0.2) is 0 Å². The summed E-state index contributed by atoms with van der Waals surface area (Å²) in [6.07, 6.45) is 14.6. The molecule has 198 valence electrons. The van der Waals surface area contributed by atoms with E-state index >= 15 is 0 Å². The highest BCUT2D eigenvalue weighted by atomic mass is 16.1. The second-order valence-electron chi connectivity index (χ2n) is 10.8. The number of allylic oxidation sites excluding steroid dienone is 1. The second-order valence-corrected chi connectivity index (χ2v) is 10.8. The Morgan fingerprint density at radius 2 is 1.86 bits per heavy atom. The molecule has 0 radical (unpaired) electrons. The van der Waals surface area contributed by atoms with Crippen LogP contribution in [0.5, 0.6) is 0 Å². The number of likely N-dealkylation sites (tertiary alicyclic amines) is 1. The first-order valence-corrected chi connectivity index (χ1v) is 13.9. The molecule has 0 atom stereocenters. The van der Waals surface area contributed by atoms with Crippen LogP contribution in [0, 0.1) is 6.92 Å². The lowest BCUT2D eigenvalue weighted by Crippen LogP contribution is -2.47. The molecule has 1 aliphatic carbocycles. The molecule has 3 heterocycles. The summed E-state index contributed by atoms with van der Waals surface area (Å²) in [6.45, 7) is 7.02. The average molecular weight is 504 g/mol. The van der Waals surface area contributed by atoms with Crippen LogP contribution < -0.4 is 21.9 Å². The largest absolute Gasteiger partial charge is 0.371 e. The van der Waals surface area contributed by atoms with Crippen LogP contribution in [0.4, 0.5) is 17.5 Å². The number of rotatable bonds is 7. The van der Waals surface area contributed by atoms with E-state index in [0.29, 0.717) is 29.6 Å². The van der Waals surface area contributed by atoms with Crippen LogP contribution in [0.15, 0.2) is 35.3 Å². The monoisotopic (exact) mass is 503 g/mol. The fourth-order valence-corrected chi connectivity index (χ4v) is 5.81. The van der Waals surface area contributed by atoms with E-state index in [0.717, 1.165) is 37.2 Å². The zero-order valence-corrected chi connectivity index (χ0v) is 22.3. The molecule has 2 fully saturated rings. The van der Waals surface area contributed by atoms with E-state index in [9.17, 15) is 4.79 Å². The topological polar surface area (TPSA) is 115 Å². The molecular weight excluding hydrogens is 462 g/mol. The fourth-order valence-electron chi connectivity index (χ4n) is 5.81. The van der Waals surface area contributed by atoms with Crippen molar-refractivity contribution in [2.75, 3.05) is 30.3 Å². The number of H-pyrrole nitrogens is 2. The van der Waals surface area contributed by atoms with Crippen molar-refractivity contribution in [3.8, 4) is 11.3 Å². The van der Waals surface area contributed by atoms with E-state index in [4.69, 9.17) is 10.7 Å². The van der Waals surface area contributed by atoms with Gasteiger partial charge in [0.2, 0.25) is 5.95 Å². The first-order valence-electron chi connectivity index (χ1n) is 13.9. The SMILES string of the molecule is CC=C(c1ccc(C)c(Nc2nc(NCC3(N)CCCCC3)[nH]c3c[nH]c(=O)c2-3)c1)N1CCCCCC1. The molecule has 1 saturated carbocycles. The van der Waals surface area contributed by atoms with Crippen molar-refractivity contribution >= 4 is 23.2 Å². The van der Waals surface area contributed by atoms with Crippen molar-refractivity contribution in [3.05, 3.63) is 52.0 Å². The van der Waals surface area contributed by atoms with Crippen LogP contribution in [-0.4, -0.2) is 45.0 Å². The summed E-state index contributed by atoms with van der Waals surface area (Å²) in [5.74, 6) is 1.14. The molecule has 0 amide bonds. The number of anilines is 3. The number of aromatic amines is 2. The van der Waals surface area contributed by atoms with Gasteiger partial charge in [0.05, 0.1) is 5.69 Å². The lowest BCUT2D eigenvalue weighted by molar-refractivity contribution is 0.311.